The van der Waals surface area contributed by atoms with Crippen LogP contribution >= 0.6 is 0 Å². The summed E-state index contributed by atoms with van der Waals surface area (Å²) >= 11 is 0. The first kappa shape index (κ1) is 19.7. The van der Waals surface area contributed by atoms with E-state index in [9.17, 15) is 14.9 Å². The van der Waals surface area contributed by atoms with Crippen molar-refractivity contribution in [2.24, 2.45) is 0 Å². The average Bonchev–Trinajstić information content (AvgIpc) is 2.67. The summed E-state index contributed by atoms with van der Waals surface area (Å²) in [5.74, 6) is -0.401. The zero-order valence-electron chi connectivity index (χ0n) is 15.7. The van der Waals surface area contributed by atoms with Crippen LogP contribution in [0.1, 0.15) is 27.3 Å². The highest BCUT2D eigenvalue weighted by molar-refractivity contribution is 5.92. The highest BCUT2D eigenvalue weighted by Gasteiger charge is 2.19. The molecule has 0 aliphatic heterocycles. The van der Waals surface area contributed by atoms with Gasteiger partial charge in [-0.2, -0.15) is 15.0 Å². The molecule has 0 bridgehead atoms. The molecule has 29 heavy (non-hydrogen) atoms. The van der Waals surface area contributed by atoms with Gasteiger partial charge in [-0.05, 0) is 31.5 Å². The molecule has 1 heterocycles. The molecule has 0 unspecified atom stereocenters. The van der Waals surface area contributed by atoms with Gasteiger partial charge in [0.15, 0.2) is 12.4 Å². The standard InChI is InChI=1S/C19H18N6O4/c1-11-6-3-4-8-14(11)21-19-23-16(22-18(20)24-19)10-29-17(26)13-7-5-9-15(12(13)2)25(27)28/h3-9H,10H2,1-2H3,(H3,20,21,22,23,24). The molecule has 0 aliphatic carbocycles. The van der Waals surface area contributed by atoms with Gasteiger partial charge in [0.1, 0.15) is 0 Å². The maximum Gasteiger partial charge on any atom is 0.339 e. The van der Waals surface area contributed by atoms with Gasteiger partial charge in [0.25, 0.3) is 5.69 Å². The minimum Gasteiger partial charge on any atom is -0.454 e. The van der Waals surface area contributed by atoms with Crippen LogP contribution in [-0.4, -0.2) is 25.8 Å². The number of carbonyl (C=O) groups excluding carboxylic acids is 1. The fourth-order valence-corrected chi connectivity index (χ4v) is 2.64. The Kier molecular flexibility index (Phi) is 5.63. The average molecular weight is 394 g/mol. The van der Waals surface area contributed by atoms with Gasteiger partial charge < -0.3 is 15.8 Å². The van der Waals surface area contributed by atoms with Crippen LogP contribution in [0.3, 0.4) is 0 Å². The normalized spacial score (nSPS) is 10.4. The van der Waals surface area contributed by atoms with Gasteiger partial charge in [0.05, 0.1) is 10.5 Å². The number of benzene rings is 2. The Balaban J connectivity index is 1.75. The van der Waals surface area contributed by atoms with Crippen LogP contribution in [-0.2, 0) is 11.3 Å². The van der Waals surface area contributed by atoms with E-state index in [1.807, 2.05) is 31.2 Å². The zero-order chi connectivity index (χ0) is 21.0. The number of nitrogen functional groups attached to an aromatic ring is 1. The van der Waals surface area contributed by atoms with Crippen molar-refractivity contribution in [3.05, 3.63) is 75.1 Å². The first-order valence-corrected chi connectivity index (χ1v) is 8.59. The monoisotopic (exact) mass is 394 g/mol. The van der Waals surface area contributed by atoms with E-state index in [1.54, 1.807) is 0 Å². The number of nitro groups is 1. The van der Waals surface area contributed by atoms with Crippen molar-refractivity contribution in [1.29, 1.82) is 0 Å². The van der Waals surface area contributed by atoms with E-state index in [0.717, 1.165) is 11.3 Å². The molecule has 0 amide bonds. The summed E-state index contributed by atoms with van der Waals surface area (Å²) in [4.78, 5) is 35.0. The lowest BCUT2D eigenvalue weighted by molar-refractivity contribution is -0.385. The summed E-state index contributed by atoms with van der Waals surface area (Å²) in [7, 11) is 0. The molecule has 0 spiro atoms. The van der Waals surface area contributed by atoms with E-state index >= 15 is 0 Å². The summed E-state index contributed by atoms with van der Waals surface area (Å²) in [6, 6.07) is 11.8. The SMILES string of the molecule is Cc1ccccc1Nc1nc(N)nc(COC(=O)c2cccc([N+](=O)[O-])c2C)n1. The molecule has 3 rings (SSSR count). The number of ether oxygens (including phenoxy) is 1. The highest BCUT2D eigenvalue weighted by Crippen LogP contribution is 2.22. The second-order valence-electron chi connectivity index (χ2n) is 6.16. The highest BCUT2D eigenvalue weighted by atomic mass is 16.6. The predicted octanol–water partition coefficient (Wildman–Crippen LogP) is 3.08. The van der Waals surface area contributed by atoms with Crippen LogP contribution in [0.4, 0.5) is 23.3 Å². The molecule has 2 aromatic carbocycles. The van der Waals surface area contributed by atoms with Crippen LogP contribution in [0, 0.1) is 24.0 Å². The summed E-state index contributed by atoms with van der Waals surface area (Å²) in [6.07, 6.45) is 0. The minimum absolute atomic E-state index is 0.0336. The first-order chi connectivity index (χ1) is 13.8. The molecule has 0 aliphatic rings. The largest absolute Gasteiger partial charge is 0.454 e. The number of nitro benzene ring substituents is 1. The third kappa shape index (κ3) is 4.61. The number of hydrogen-bond donors (Lipinski definition) is 2. The minimum atomic E-state index is -0.724. The van der Waals surface area contributed by atoms with E-state index in [-0.39, 0.29) is 41.1 Å². The van der Waals surface area contributed by atoms with Gasteiger partial charge in [-0.15, -0.1) is 0 Å². The number of aryl methyl sites for hydroxylation is 1. The smallest absolute Gasteiger partial charge is 0.339 e. The fraction of sp³-hybridized carbons (Fsp3) is 0.158. The number of nitrogens with two attached hydrogens (primary N) is 1. The molecular formula is C19H18N6O4. The maximum atomic E-state index is 12.4. The van der Waals surface area contributed by atoms with Crippen molar-refractivity contribution in [1.82, 2.24) is 15.0 Å². The molecule has 0 radical (unpaired) electrons. The van der Waals surface area contributed by atoms with Crippen molar-refractivity contribution in [3.63, 3.8) is 0 Å². The third-order valence-corrected chi connectivity index (χ3v) is 4.14. The topological polar surface area (TPSA) is 146 Å². The summed E-state index contributed by atoms with van der Waals surface area (Å²) in [5, 5.41) is 14.1. The molecule has 1 aromatic heterocycles. The van der Waals surface area contributed by atoms with E-state index in [4.69, 9.17) is 10.5 Å². The van der Waals surface area contributed by atoms with Crippen molar-refractivity contribution >= 4 is 29.2 Å². The lowest BCUT2D eigenvalue weighted by Gasteiger charge is -2.10. The van der Waals surface area contributed by atoms with Crippen LogP contribution < -0.4 is 11.1 Å². The molecule has 0 fully saturated rings. The summed E-state index contributed by atoms with van der Waals surface area (Å²) in [6.45, 7) is 3.15. The number of esters is 1. The van der Waals surface area contributed by atoms with Crippen molar-refractivity contribution in [2.45, 2.75) is 20.5 Å². The lowest BCUT2D eigenvalue weighted by atomic mass is 10.1. The Morgan fingerprint density at radius 1 is 1.14 bits per heavy atom. The second kappa shape index (κ2) is 8.30. The fourth-order valence-electron chi connectivity index (χ4n) is 2.64. The Morgan fingerprint density at radius 3 is 2.62 bits per heavy atom. The van der Waals surface area contributed by atoms with Crippen LogP contribution in [0.2, 0.25) is 0 Å². The van der Waals surface area contributed by atoms with Crippen molar-refractivity contribution in [2.75, 3.05) is 11.1 Å². The first-order valence-electron chi connectivity index (χ1n) is 8.59. The van der Waals surface area contributed by atoms with E-state index in [1.165, 1.54) is 25.1 Å². The number of para-hydroxylation sites is 1. The molecule has 3 N–H and O–H groups in total. The lowest BCUT2D eigenvalue weighted by Crippen LogP contribution is -2.12. The van der Waals surface area contributed by atoms with Gasteiger partial charge >= 0.3 is 5.97 Å². The number of aromatic nitrogens is 3. The quantitative estimate of drug-likeness (QED) is 0.366. The number of nitrogens with zero attached hydrogens (tertiary/aromatic N) is 4. The van der Waals surface area contributed by atoms with E-state index < -0.39 is 10.9 Å². The van der Waals surface area contributed by atoms with Gasteiger partial charge in [-0.1, -0.05) is 24.3 Å². The maximum absolute atomic E-state index is 12.4. The summed E-state index contributed by atoms with van der Waals surface area (Å²) in [5.41, 5.74) is 7.67. The van der Waals surface area contributed by atoms with Gasteiger partial charge in [0, 0.05) is 17.3 Å². The van der Waals surface area contributed by atoms with Crippen LogP contribution in [0.15, 0.2) is 42.5 Å². The van der Waals surface area contributed by atoms with Crippen molar-refractivity contribution < 1.29 is 14.5 Å². The number of nitrogens with one attached hydrogen (secondary N) is 1. The number of hydrogen-bond acceptors (Lipinski definition) is 9. The Bertz CT molecular complexity index is 1090. The van der Waals surface area contributed by atoms with Crippen LogP contribution in [0.25, 0.3) is 0 Å². The molecule has 10 nitrogen and oxygen atoms in total. The van der Waals surface area contributed by atoms with Crippen molar-refractivity contribution in [3.8, 4) is 0 Å². The number of anilines is 3. The number of carbonyl (C=O) groups is 1. The number of rotatable bonds is 6. The molecule has 3 aromatic rings. The van der Waals surface area contributed by atoms with Crippen LogP contribution in [0.5, 0.6) is 0 Å². The Labute approximate surface area is 165 Å². The second-order valence-corrected chi connectivity index (χ2v) is 6.16. The van der Waals surface area contributed by atoms with Gasteiger partial charge in [0.2, 0.25) is 11.9 Å². The predicted molar refractivity (Wildman–Crippen MR) is 106 cm³/mol. The molecule has 10 heteroatoms. The molecule has 0 saturated heterocycles. The van der Waals surface area contributed by atoms with E-state index in [0.29, 0.717) is 0 Å². The molecular weight excluding hydrogens is 376 g/mol. The molecule has 0 saturated carbocycles. The third-order valence-electron chi connectivity index (χ3n) is 4.14. The Morgan fingerprint density at radius 2 is 1.90 bits per heavy atom. The van der Waals surface area contributed by atoms with Gasteiger partial charge in [-0.3, -0.25) is 10.1 Å². The Hall–Kier alpha value is -4.08. The van der Waals surface area contributed by atoms with E-state index in [2.05, 4.69) is 20.3 Å². The van der Waals surface area contributed by atoms with Gasteiger partial charge in [-0.25, -0.2) is 4.79 Å². The zero-order valence-corrected chi connectivity index (χ0v) is 15.7. The summed E-state index contributed by atoms with van der Waals surface area (Å²) < 4.78 is 5.22. The molecule has 0 atom stereocenters. The molecule has 148 valence electrons.